The number of aromatic nitrogens is 1. The predicted molar refractivity (Wildman–Crippen MR) is 88.8 cm³/mol. The maximum absolute atomic E-state index is 13.3. The molecule has 1 aliphatic rings. The van der Waals surface area contributed by atoms with Crippen LogP contribution >= 0.6 is 0 Å². The highest BCUT2D eigenvalue weighted by Gasteiger charge is 2.29. The van der Waals surface area contributed by atoms with Gasteiger partial charge in [0, 0.05) is 25.0 Å². The summed E-state index contributed by atoms with van der Waals surface area (Å²) in [5.74, 6) is -2.40. The van der Waals surface area contributed by atoms with Crippen LogP contribution in [-0.2, 0) is 18.0 Å². The van der Waals surface area contributed by atoms with Gasteiger partial charge in [0.2, 0.25) is 0 Å². The third-order valence-electron chi connectivity index (χ3n) is 3.89. The van der Waals surface area contributed by atoms with Crippen molar-refractivity contribution in [3.05, 3.63) is 41.7 Å². The lowest BCUT2D eigenvalue weighted by molar-refractivity contribution is 0.101. The minimum absolute atomic E-state index is 0.0966. The summed E-state index contributed by atoms with van der Waals surface area (Å²) in [6.07, 6.45) is 2.27. The second-order valence-corrected chi connectivity index (χ2v) is 6.88. The summed E-state index contributed by atoms with van der Waals surface area (Å²) in [5, 5.41) is 2.50. The molecule has 9 heteroatoms. The van der Waals surface area contributed by atoms with Crippen LogP contribution in [0, 0.1) is 11.6 Å². The molecule has 0 fully saturated rings. The molecule has 2 heterocycles. The van der Waals surface area contributed by atoms with Gasteiger partial charge in [-0.2, -0.15) is 0 Å². The number of benzene rings is 1. The van der Waals surface area contributed by atoms with E-state index < -0.39 is 28.5 Å². The lowest BCUT2D eigenvalue weighted by Crippen LogP contribution is -2.33. The highest BCUT2D eigenvalue weighted by atomic mass is 32.2. The smallest absolute Gasteiger partial charge is 0.276 e. The Morgan fingerprint density at radius 3 is 2.88 bits per heavy atom. The van der Waals surface area contributed by atoms with Crippen molar-refractivity contribution < 1.29 is 22.5 Å². The number of aryl methyl sites for hydroxylation is 1. The molecule has 0 aliphatic carbocycles. The molecule has 1 aromatic carbocycles. The number of carbonyl (C=O) groups is 1. The largest absolute Gasteiger partial charge is 0.488 e. The van der Waals surface area contributed by atoms with Crippen molar-refractivity contribution >= 4 is 22.6 Å². The quantitative estimate of drug-likeness (QED) is 0.872. The Morgan fingerprint density at radius 1 is 1.44 bits per heavy atom. The summed E-state index contributed by atoms with van der Waals surface area (Å²) in [4.78, 5) is 13.0. The number of ether oxygens (including phenoxy) is 1. The van der Waals surface area contributed by atoms with E-state index in [2.05, 4.69) is 10.0 Å². The Hall–Kier alpha value is -2.26. The summed E-state index contributed by atoms with van der Waals surface area (Å²) >= 11 is 0. The van der Waals surface area contributed by atoms with Gasteiger partial charge in [-0.05, 0) is 18.6 Å². The minimum atomic E-state index is -1.51. The average Bonchev–Trinajstić information content (AvgIpc) is 2.83. The van der Waals surface area contributed by atoms with Crippen molar-refractivity contribution in [2.75, 3.05) is 11.9 Å². The summed E-state index contributed by atoms with van der Waals surface area (Å²) in [5.41, 5.74) is 0.268. The van der Waals surface area contributed by atoms with E-state index in [1.807, 2.05) is 6.92 Å². The van der Waals surface area contributed by atoms with Gasteiger partial charge in [-0.25, -0.2) is 17.7 Å². The summed E-state index contributed by atoms with van der Waals surface area (Å²) in [6, 6.07) is 2.98. The van der Waals surface area contributed by atoms with Crippen LogP contribution in [0.15, 0.2) is 29.3 Å². The van der Waals surface area contributed by atoms with Gasteiger partial charge in [-0.1, -0.05) is 6.92 Å². The number of anilines is 1. The number of amides is 1. The fourth-order valence-electron chi connectivity index (χ4n) is 2.51. The van der Waals surface area contributed by atoms with Crippen LogP contribution in [0.5, 0.6) is 5.75 Å². The molecule has 0 saturated carbocycles. The van der Waals surface area contributed by atoms with Crippen LogP contribution in [-0.4, -0.2) is 27.3 Å². The fraction of sp³-hybridized carbons (Fsp3) is 0.312. The van der Waals surface area contributed by atoms with Crippen molar-refractivity contribution in [1.82, 2.24) is 9.29 Å². The van der Waals surface area contributed by atoms with Crippen LogP contribution in [0.3, 0.4) is 0 Å². The molecule has 2 aromatic rings. The molecule has 0 spiro atoms. The third kappa shape index (κ3) is 3.42. The molecule has 2 N–H and O–H groups in total. The second-order valence-electron chi connectivity index (χ2n) is 5.67. The number of hydrogen-bond acceptors (Lipinski definition) is 3. The third-order valence-corrected chi connectivity index (χ3v) is 5.13. The molecule has 2 atom stereocenters. The first-order valence-electron chi connectivity index (χ1n) is 7.67. The van der Waals surface area contributed by atoms with E-state index in [1.54, 1.807) is 13.2 Å². The van der Waals surface area contributed by atoms with E-state index in [0.29, 0.717) is 4.90 Å². The molecule has 6 nitrogen and oxygen atoms in total. The number of nitrogens with zero attached hydrogens (tertiary/aromatic N) is 1. The Labute approximate surface area is 145 Å². The Kier molecular flexibility index (Phi) is 4.87. The maximum Gasteiger partial charge on any atom is 0.276 e. The Balaban J connectivity index is 1.91. The number of rotatable bonds is 3. The van der Waals surface area contributed by atoms with Crippen LogP contribution in [0.1, 0.15) is 23.8 Å². The van der Waals surface area contributed by atoms with E-state index in [0.717, 1.165) is 18.6 Å². The normalized spacial score (nSPS) is 19.7. The molecule has 1 aromatic heterocycles. The Morgan fingerprint density at radius 2 is 2.20 bits per heavy atom. The molecule has 0 bridgehead atoms. The fourth-order valence-corrected chi connectivity index (χ4v) is 3.75. The second kappa shape index (κ2) is 6.93. The zero-order valence-electron chi connectivity index (χ0n) is 13.6. The van der Waals surface area contributed by atoms with E-state index in [4.69, 9.17) is 4.74 Å². The monoisotopic (exact) mass is 369 g/mol. The van der Waals surface area contributed by atoms with Gasteiger partial charge >= 0.3 is 0 Å². The molecule has 1 amide bonds. The van der Waals surface area contributed by atoms with E-state index in [-0.39, 0.29) is 29.8 Å². The van der Waals surface area contributed by atoms with Crippen LogP contribution in [0.4, 0.5) is 14.5 Å². The van der Waals surface area contributed by atoms with Gasteiger partial charge in [0.1, 0.15) is 22.5 Å². The standard InChI is InChI=1S/C16H17F2N3O3S/c1-3-9-8-24-15-13(25(23)20-9)7-21(2)14(15)16(22)19-10-4-5-11(17)12(18)6-10/h4-7,9,20H,3,8H2,1-2H3,(H,19,22)/t9-,25?/m0/s1. The SMILES string of the molecule is CC[C@H]1COc2c(cn(C)c2C(=O)Nc2ccc(F)c(F)c2)S(=O)N1. The van der Waals surface area contributed by atoms with Crippen molar-refractivity contribution in [2.24, 2.45) is 7.05 Å². The molecule has 1 unspecified atom stereocenters. The first-order valence-corrected chi connectivity index (χ1v) is 8.82. The van der Waals surface area contributed by atoms with E-state index in [9.17, 15) is 17.8 Å². The zero-order chi connectivity index (χ0) is 18.1. The zero-order valence-corrected chi connectivity index (χ0v) is 14.5. The molecule has 3 rings (SSSR count). The van der Waals surface area contributed by atoms with Gasteiger partial charge in [-0.3, -0.25) is 4.79 Å². The number of hydrogen-bond donors (Lipinski definition) is 2. The van der Waals surface area contributed by atoms with Gasteiger partial charge in [0.15, 0.2) is 23.1 Å². The first kappa shape index (κ1) is 17.6. The average molecular weight is 369 g/mol. The van der Waals surface area contributed by atoms with Crippen LogP contribution < -0.4 is 14.8 Å². The highest BCUT2D eigenvalue weighted by molar-refractivity contribution is 7.83. The van der Waals surface area contributed by atoms with E-state index >= 15 is 0 Å². The molecule has 0 saturated heterocycles. The Bertz CT molecular complexity index is 853. The lowest BCUT2D eigenvalue weighted by Gasteiger charge is -2.13. The summed E-state index contributed by atoms with van der Waals surface area (Å²) in [7, 11) is 0.111. The van der Waals surface area contributed by atoms with E-state index in [1.165, 1.54) is 10.6 Å². The molecular formula is C16H17F2N3O3S. The van der Waals surface area contributed by atoms with Gasteiger partial charge in [-0.15, -0.1) is 0 Å². The summed E-state index contributed by atoms with van der Waals surface area (Å²) < 4.78 is 48.8. The van der Waals surface area contributed by atoms with Gasteiger partial charge in [0.25, 0.3) is 5.91 Å². The topological polar surface area (TPSA) is 72.4 Å². The van der Waals surface area contributed by atoms with Crippen LogP contribution in [0.25, 0.3) is 0 Å². The van der Waals surface area contributed by atoms with Crippen molar-refractivity contribution in [3.8, 4) is 5.75 Å². The molecular weight excluding hydrogens is 352 g/mol. The maximum atomic E-state index is 13.3. The summed E-state index contributed by atoms with van der Waals surface area (Å²) in [6.45, 7) is 2.20. The number of nitrogens with one attached hydrogen (secondary N) is 2. The lowest BCUT2D eigenvalue weighted by atomic mass is 10.2. The van der Waals surface area contributed by atoms with Crippen molar-refractivity contribution in [3.63, 3.8) is 0 Å². The molecule has 134 valence electrons. The van der Waals surface area contributed by atoms with Gasteiger partial charge in [0.05, 0.1) is 6.04 Å². The highest BCUT2D eigenvalue weighted by Crippen LogP contribution is 2.31. The minimum Gasteiger partial charge on any atom is -0.488 e. The molecule has 25 heavy (non-hydrogen) atoms. The van der Waals surface area contributed by atoms with Crippen molar-refractivity contribution in [1.29, 1.82) is 0 Å². The number of halogens is 2. The van der Waals surface area contributed by atoms with Crippen LogP contribution in [0.2, 0.25) is 0 Å². The van der Waals surface area contributed by atoms with Crippen molar-refractivity contribution in [2.45, 2.75) is 24.3 Å². The molecule has 0 radical (unpaired) electrons. The number of carbonyl (C=O) groups excluding carboxylic acids is 1. The predicted octanol–water partition coefficient (Wildman–Crippen LogP) is 2.34. The van der Waals surface area contributed by atoms with Gasteiger partial charge < -0.3 is 14.6 Å². The molecule has 1 aliphatic heterocycles. The number of fused-ring (bicyclic) bond motifs is 1. The first-order chi connectivity index (χ1) is 11.9.